The van der Waals surface area contributed by atoms with E-state index in [4.69, 9.17) is 5.11 Å². The van der Waals surface area contributed by atoms with E-state index in [2.05, 4.69) is 25.9 Å². The lowest BCUT2D eigenvalue weighted by Crippen LogP contribution is -2.05. The number of carboxylic acids is 1. The van der Waals surface area contributed by atoms with Crippen LogP contribution in [-0.4, -0.2) is 21.0 Å². The molecule has 0 spiro atoms. The SMILES string of the molecule is Cc1ccc(SCc2ncc(Br)c(C(=O)O)n2)cc1. The summed E-state index contributed by atoms with van der Waals surface area (Å²) in [6.07, 6.45) is 1.47. The first kappa shape index (κ1) is 14.0. The Hall–Kier alpha value is -1.40. The number of nitrogens with zero attached hydrogens (tertiary/aromatic N) is 2. The lowest BCUT2D eigenvalue weighted by atomic mass is 10.2. The topological polar surface area (TPSA) is 63.1 Å². The van der Waals surface area contributed by atoms with Crippen LogP contribution in [0, 0.1) is 6.92 Å². The van der Waals surface area contributed by atoms with Gasteiger partial charge in [-0.2, -0.15) is 0 Å². The van der Waals surface area contributed by atoms with Crippen LogP contribution in [0.4, 0.5) is 0 Å². The summed E-state index contributed by atoms with van der Waals surface area (Å²) in [5, 5.41) is 8.98. The van der Waals surface area contributed by atoms with Gasteiger partial charge >= 0.3 is 5.97 Å². The molecule has 0 aliphatic heterocycles. The van der Waals surface area contributed by atoms with Gasteiger partial charge in [0.1, 0.15) is 5.82 Å². The summed E-state index contributed by atoms with van der Waals surface area (Å²) in [7, 11) is 0. The van der Waals surface area contributed by atoms with Crippen molar-refractivity contribution in [1.82, 2.24) is 9.97 Å². The molecule has 0 bridgehead atoms. The quantitative estimate of drug-likeness (QED) is 0.864. The molecule has 2 rings (SSSR count). The third kappa shape index (κ3) is 3.78. The number of thioether (sulfide) groups is 1. The van der Waals surface area contributed by atoms with E-state index in [1.54, 1.807) is 11.8 Å². The normalized spacial score (nSPS) is 10.4. The summed E-state index contributed by atoms with van der Waals surface area (Å²) in [5.74, 6) is -0.0154. The molecule has 4 nitrogen and oxygen atoms in total. The zero-order chi connectivity index (χ0) is 13.8. The average molecular weight is 339 g/mol. The van der Waals surface area contributed by atoms with Gasteiger partial charge in [-0.3, -0.25) is 0 Å². The molecule has 0 saturated carbocycles. The number of aromatic nitrogens is 2. The molecule has 2 aromatic rings. The average Bonchev–Trinajstić information content (AvgIpc) is 2.39. The number of rotatable bonds is 4. The van der Waals surface area contributed by atoms with Crippen LogP contribution in [0.5, 0.6) is 0 Å². The summed E-state index contributed by atoms with van der Waals surface area (Å²) in [6, 6.07) is 8.12. The Morgan fingerprint density at radius 2 is 2.05 bits per heavy atom. The third-order valence-electron chi connectivity index (χ3n) is 2.39. The minimum Gasteiger partial charge on any atom is -0.476 e. The summed E-state index contributed by atoms with van der Waals surface area (Å²) in [6.45, 7) is 2.03. The lowest BCUT2D eigenvalue weighted by Gasteiger charge is -2.03. The molecule has 0 atom stereocenters. The fraction of sp³-hybridized carbons (Fsp3) is 0.154. The summed E-state index contributed by atoms with van der Waals surface area (Å²) < 4.78 is 0.393. The fourth-order valence-corrected chi connectivity index (χ4v) is 2.53. The Kier molecular flexibility index (Phi) is 4.55. The van der Waals surface area contributed by atoms with Gasteiger partial charge in [-0.05, 0) is 35.0 Å². The van der Waals surface area contributed by atoms with E-state index in [0.717, 1.165) is 4.90 Å². The van der Waals surface area contributed by atoms with Crippen LogP contribution in [0.15, 0.2) is 39.8 Å². The third-order valence-corrected chi connectivity index (χ3v) is 3.97. The van der Waals surface area contributed by atoms with Crippen LogP contribution in [0.2, 0.25) is 0 Å². The largest absolute Gasteiger partial charge is 0.476 e. The van der Waals surface area contributed by atoms with Crippen molar-refractivity contribution in [3.05, 3.63) is 52.0 Å². The summed E-state index contributed by atoms with van der Waals surface area (Å²) in [4.78, 5) is 20.2. The maximum atomic E-state index is 11.0. The van der Waals surface area contributed by atoms with Gasteiger partial charge < -0.3 is 5.11 Å². The molecule has 98 valence electrons. The van der Waals surface area contributed by atoms with Gasteiger partial charge in [0.05, 0.1) is 10.2 Å². The minimum atomic E-state index is -1.06. The highest BCUT2D eigenvalue weighted by Crippen LogP contribution is 2.22. The number of hydrogen-bond donors (Lipinski definition) is 1. The zero-order valence-corrected chi connectivity index (χ0v) is 12.5. The van der Waals surface area contributed by atoms with Gasteiger partial charge in [0.15, 0.2) is 5.69 Å². The fourth-order valence-electron chi connectivity index (χ4n) is 1.41. The van der Waals surface area contributed by atoms with Crippen molar-refractivity contribution in [3.63, 3.8) is 0 Å². The van der Waals surface area contributed by atoms with Crippen molar-refractivity contribution >= 4 is 33.7 Å². The Labute approximate surface area is 123 Å². The van der Waals surface area contributed by atoms with Gasteiger partial charge in [0.25, 0.3) is 0 Å². The van der Waals surface area contributed by atoms with Crippen molar-refractivity contribution in [3.8, 4) is 0 Å². The van der Waals surface area contributed by atoms with Crippen LogP contribution in [0.1, 0.15) is 21.9 Å². The second-order valence-electron chi connectivity index (χ2n) is 3.89. The molecule has 1 aromatic carbocycles. The molecule has 1 N–H and O–H groups in total. The maximum Gasteiger partial charge on any atom is 0.355 e. The predicted molar refractivity (Wildman–Crippen MR) is 77.4 cm³/mol. The van der Waals surface area contributed by atoms with Crippen LogP contribution >= 0.6 is 27.7 Å². The number of halogens is 1. The Morgan fingerprint density at radius 1 is 1.37 bits per heavy atom. The first-order valence-electron chi connectivity index (χ1n) is 5.50. The van der Waals surface area contributed by atoms with Crippen molar-refractivity contribution in [2.75, 3.05) is 0 Å². The molecule has 0 unspecified atom stereocenters. The molecule has 6 heteroatoms. The minimum absolute atomic E-state index is 0.00509. The van der Waals surface area contributed by atoms with E-state index < -0.39 is 5.97 Å². The number of aromatic carboxylic acids is 1. The summed E-state index contributed by atoms with van der Waals surface area (Å²) >= 11 is 4.70. The number of carbonyl (C=O) groups is 1. The molecule has 1 heterocycles. The summed E-state index contributed by atoms with van der Waals surface area (Å²) in [5.41, 5.74) is 1.20. The molecular weight excluding hydrogens is 328 g/mol. The van der Waals surface area contributed by atoms with E-state index in [1.807, 2.05) is 31.2 Å². The molecule has 19 heavy (non-hydrogen) atoms. The highest BCUT2D eigenvalue weighted by molar-refractivity contribution is 9.10. The van der Waals surface area contributed by atoms with Gasteiger partial charge in [-0.1, -0.05) is 17.7 Å². The molecule has 1 aromatic heterocycles. The van der Waals surface area contributed by atoms with Crippen LogP contribution in [-0.2, 0) is 5.75 Å². The van der Waals surface area contributed by atoms with E-state index in [1.165, 1.54) is 11.8 Å². The molecule has 0 saturated heterocycles. The number of carboxylic acid groups (broad SMARTS) is 1. The molecule has 0 amide bonds. The Balaban J connectivity index is 2.09. The van der Waals surface area contributed by atoms with Crippen molar-refractivity contribution in [1.29, 1.82) is 0 Å². The Morgan fingerprint density at radius 3 is 2.68 bits per heavy atom. The van der Waals surface area contributed by atoms with Crippen LogP contribution in [0.25, 0.3) is 0 Å². The smallest absolute Gasteiger partial charge is 0.355 e. The molecule has 0 radical (unpaired) electrons. The van der Waals surface area contributed by atoms with Gasteiger partial charge in [0.2, 0.25) is 0 Å². The molecule has 0 fully saturated rings. The van der Waals surface area contributed by atoms with Crippen LogP contribution in [0.3, 0.4) is 0 Å². The second-order valence-corrected chi connectivity index (χ2v) is 5.79. The van der Waals surface area contributed by atoms with E-state index in [9.17, 15) is 4.79 Å². The highest BCUT2D eigenvalue weighted by atomic mass is 79.9. The monoisotopic (exact) mass is 338 g/mol. The highest BCUT2D eigenvalue weighted by Gasteiger charge is 2.12. The first-order valence-corrected chi connectivity index (χ1v) is 7.28. The number of aryl methyl sites for hydroxylation is 1. The van der Waals surface area contributed by atoms with E-state index >= 15 is 0 Å². The van der Waals surface area contributed by atoms with Gasteiger partial charge in [0, 0.05) is 11.1 Å². The van der Waals surface area contributed by atoms with Crippen molar-refractivity contribution < 1.29 is 9.90 Å². The van der Waals surface area contributed by atoms with Gasteiger partial charge in [-0.15, -0.1) is 11.8 Å². The first-order chi connectivity index (χ1) is 9.06. The number of benzene rings is 1. The standard InChI is InChI=1S/C13H11BrN2O2S/c1-8-2-4-9(5-3-8)19-7-11-15-6-10(14)12(16-11)13(17)18/h2-6H,7H2,1H3,(H,17,18). The van der Waals surface area contributed by atoms with Gasteiger partial charge in [-0.25, -0.2) is 14.8 Å². The molecular formula is C13H11BrN2O2S. The van der Waals surface area contributed by atoms with E-state index in [0.29, 0.717) is 16.0 Å². The molecule has 0 aliphatic carbocycles. The molecule has 0 aliphatic rings. The van der Waals surface area contributed by atoms with Crippen LogP contribution < -0.4 is 0 Å². The predicted octanol–water partition coefficient (Wildman–Crippen LogP) is 3.54. The zero-order valence-electron chi connectivity index (χ0n) is 10.1. The van der Waals surface area contributed by atoms with E-state index in [-0.39, 0.29) is 5.69 Å². The number of hydrogen-bond acceptors (Lipinski definition) is 4. The van der Waals surface area contributed by atoms with Crippen molar-refractivity contribution in [2.45, 2.75) is 17.6 Å². The lowest BCUT2D eigenvalue weighted by molar-refractivity contribution is 0.0689. The Bertz CT molecular complexity index is 602. The van der Waals surface area contributed by atoms with Crippen molar-refractivity contribution in [2.24, 2.45) is 0 Å². The second kappa shape index (κ2) is 6.16. The maximum absolute atomic E-state index is 11.0.